The lowest BCUT2D eigenvalue weighted by Gasteiger charge is -2.36. The van der Waals surface area contributed by atoms with Crippen molar-refractivity contribution in [1.29, 1.82) is 0 Å². The van der Waals surface area contributed by atoms with E-state index in [1.165, 1.54) is 11.3 Å². The van der Waals surface area contributed by atoms with Crippen molar-refractivity contribution in [1.82, 2.24) is 9.88 Å². The zero-order valence-electron chi connectivity index (χ0n) is 11.7. The number of halogens is 2. The van der Waals surface area contributed by atoms with Gasteiger partial charge >= 0.3 is 0 Å². The van der Waals surface area contributed by atoms with Gasteiger partial charge < -0.3 is 4.90 Å². The molecule has 0 bridgehead atoms. The van der Waals surface area contributed by atoms with Gasteiger partial charge in [-0.05, 0) is 35.9 Å². The second-order valence-corrected chi connectivity index (χ2v) is 6.05. The molecule has 1 aromatic carbocycles. The molecule has 3 nitrogen and oxygen atoms in total. The van der Waals surface area contributed by atoms with Gasteiger partial charge in [0.05, 0.1) is 0 Å². The fourth-order valence-electron chi connectivity index (χ4n) is 2.57. The highest BCUT2D eigenvalue weighted by molar-refractivity contribution is 6.30. The summed E-state index contributed by atoms with van der Waals surface area (Å²) in [6, 6.07) is 12.0. The Morgan fingerprint density at radius 1 is 0.905 bits per heavy atom. The van der Waals surface area contributed by atoms with E-state index >= 15 is 0 Å². The minimum atomic E-state index is 0.548. The second kappa shape index (κ2) is 6.65. The molecule has 1 aliphatic heterocycles. The van der Waals surface area contributed by atoms with Crippen LogP contribution in [0.25, 0.3) is 0 Å². The summed E-state index contributed by atoms with van der Waals surface area (Å²) in [6.45, 7) is 5.08. The molecule has 0 saturated carbocycles. The number of piperazine rings is 1. The number of pyridine rings is 1. The molecule has 2 heterocycles. The van der Waals surface area contributed by atoms with E-state index in [1.807, 2.05) is 30.5 Å². The van der Waals surface area contributed by atoms with E-state index in [0.717, 1.165) is 37.7 Å². The molecular formula is C16H17Cl2N3. The van der Waals surface area contributed by atoms with Crippen LogP contribution in [0.3, 0.4) is 0 Å². The number of nitrogens with zero attached hydrogens (tertiary/aromatic N) is 3. The van der Waals surface area contributed by atoms with Crippen LogP contribution in [0.15, 0.2) is 42.6 Å². The van der Waals surface area contributed by atoms with Crippen molar-refractivity contribution in [2.75, 3.05) is 31.1 Å². The zero-order valence-corrected chi connectivity index (χ0v) is 13.2. The van der Waals surface area contributed by atoms with Crippen molar-refractivity contribution in [3.63, 3.8) is 0 Å². The summed E-state index contributed by atoms with van der Waals surface area (Å²) in [6.07, 6.45) is 1.86. The highest BCUT2D eigenvalue weighted by atomic mass is 35.5. The normalized spacial score (nSPS) is 16.2. The van der Waals surface area contributed by atoms with Crippen LogP contribution < -0.4 is 4.90 Å². The summed E-state index contributed by atoms with van der Waals surface area (Å²) < 4.78 is 0. The van der Waals surface area contributed by atoms with Crippen LogP contribution in [-0.2, 0) is 6.54 Å². The average Bonchev–Trinajstić information content (AvgIpc) is 2.51. The monoisotopic (exact) mass is 321 g/mol. The molecule has 5 heteroatoms. The van der Waals surface area contributed by atoms with Gasteiger partial charge in [0.15, 0.2) is 0 Å². The first-order valence-electron chi connectivity index (χ1n) is 7.04. The summed E-state index contributed by atoms with van der Waals surface area (Å²) in [5.74, 6) is 0. The van der Waals surface area contributed by atoms with Crippen molar-refractivity contribution in [3.8, 4) is 0 Å². The van der Waals surface area contributed by atoms with E-state index in [1.54, 1.807) is 0 Å². The maximum Gasteiger partial charge on any atom is 0.129 e. The van der Waals surface area contributed by atoms with Gasteiger partial charge in [0.1, 0.15) is 5.15 Å². The van der Waals surface area contributed by atoms with E-state index in [4.69, 9.17) is 23.2 Å². The molecule has 0 spiro atoms. The fourth-order valence-corrected chi connectivity index (χ4v) is 2.81. The van der Waals surface area contributed by atoms with Gasteiger partial charge in [0.25, 0.3) is 0 Å². The SMILES string of the molecule is Clc1ccc(N2CCN(Cc3ccc(Cl)nc3)CC2)cc1. The fraction of sp³-hybridized carbons (Fsp3) is 0.312. The number of rotatable bonds is 3. The third-order valence-corrected chi connectivity index (χ3v) is 4.23. The Balaban J connectivity index is 1.55. The van der Waals surface area contributed by atoms with Crippen molar-refractivity contribution in [2.24, 2.45) is 0 Å². The van der Waals surface area contributed by atoms with Gasteiger partial charge in [-0.15, -0.1) is 0 Å². The van der Waals surface area contributed by atoms with E-state index in [0.29, 0.717) is 5.15 Å². The molecule has 1 saturated heterocycles. The Morgan fingerprint density at radius 2 is 1.62 bits per heavy atom. The van der Waals surface area contributed by atoms with E-state index < -0.39 is 0 Å². The third-order valence-electron chi connectivity index (χ3n) is 3.76. The highest BCUT2D eigenvalue weighted by Gasteiger charge is 2.17. The van der Waals surface area contributed by atoms with Crippen molar-refractivity contribution in [2.45, 2.75) is 6.54 Å². The molecule has 3 rings (SSSR count). The Kier molecular flexibility index (Phi) is 4.63. The summed E-state index contributed by atoms with van der Waals surface area (Å²) in [5, 5.41) is 1.33. The first-order valence-corrected chi connectivity index (χ1v) is 7.79. The van der Waals surface area contributed by atoms with Crippen LogP contribution in [0.2, 0.25) is 10.2 Å². The van der Waals surface area contributed by atoms with Gasteiger partial charge in [-0.2, -0.15) is 0 Å². The van der Waals surface area contributed by atoms with Gasteiger partial charge in [-0.3, -0.25) is 4.90 Å². The molecule has 0 radical (unpaired) electrons. The molecule has 0 aliphatic carbocycles. The topological polar surface area (TPSA) is 19.4 Å². The molecule has 0 unspecified atom stereocenters. The molecule has 0 atom stereocenters. The lowest BCUT2D eigenvalue weighted by atomic mass is 10.2. The maximum atomic E-state index is 5.93. The van der Waals surface area contributed by atoms with Gasteiger partial charge in [0, 0.05) is 49.6 Å². The Bertz CT molecular complexity index is 575. The molecule has 110 valence electrons. The molecule has 21 heavy (non-hydrogen) atoms. The number of anilines is 1. The van der Waals surface area contributed by atoms with Crippen LogP contribution in [-0.4, -0.2) is 36.1 Å². The molecular weight excluding hydrogens is 305 g/mol. The predicted molar refractivity (Wildman–Crippen MR) is 88.2 cm³/mol. The average molecular weight is 322 g/mol. The second-order valence-electron chi connectivity index (χ2n) is 5.23. The number of benzene rings is 1. The van der Waals surface area contributed by atoms with Crippen molar-refractivity contribution >= 4 is 28.9 Å². The number of aromatic nitrogens is 1. The lowest BCUT2D eigenvalue weighted by molar-refractivity contribution is 0.249. The highest BCUT2D eigenvalue weighted by Crippen LogP contribution is 2.20. The Hall–Kier alpha value is -1.29. The van der Waals surface area contributed by atoms with Crippen LogP contribution in [0.1, 0.15) is 5.56 Å². The molecule has 0 N–H and O–H groups in total. The van der Waals surface area contributed by atoms with Crippen LogP contribution in [0.5, 0.6) is 0 Å². The molecule has 1 aliphatic rings. The van der Waals surface area contributed by atoms with Crippen molar-refractivity contribution in [3.05, 3.63) is 58.3 Å². The smallest absolute Gasteiger partial charge is 0.129 e. The quantitative estimate of drug-likeness (QED) is 0.803. The summed E-state index contributed by atoms with van der Waals surface area (Å²) in [5.41, 5.74) is 2.45. The maximum absolute atomic E-state index is 5.93. The summed E-state index contributed by atoms with van der Waals surface area (Å²) in [7, 11) is 0. The number of hydrogen-bond acceptors (Lipinski definition) is 3. The Morgan fingerprint density at radius 3 is 2.24 bits per heavy atom. The van der Waals surface area contributed by atoms with E-state index in [2.05, 4.69) is 26.9 Å². The molecule has 0 amide bonds. The largest absolute Gasteiger partial charge is 0.369 e. The van der Waals surface area contributed by atoms with E-state index in [-0.39, 0.29) is 0 Å². The van der Waals surface area contributed by atoms with Gasteiger partial charge in [0.2, 0.25) is 0 Å². The Labute approximate surface area is 135 Å². The van der Waals surface area contributed by atoms with Crippen molar-refractivity contribution < 1.29 is 0 Å². The summed E-state index contributed by atoms with van der Waals surface area (Å²) >= 11 is 11.7. The van der Waals surface area contributed by atoms with Crippen LogP contribution in [0.4, 0.5) is 5.69 Å². The summed E-state index contributed by atoms with van der Waals surface area (Å²) in [4.78, 5) is 8.97. The van der Waals surface area contributed by atoms with Crippen LogP contribution in [0, 0.1) is 0 Å². The number of hydrogen-bond donors (Lipinski definition) is 0. The first-order chi connectivity index (χ1) is 10.2. The zero-order chi connectivity index (χ0) is 14.7. The van der Waals surface area contributed by atoms with Gasteiger partial charge in [-0.1, -0.05) is 29.3 Å². The van der Waals surface area contributed by atoms with Gasteiger partial charge in [-0.25, -0.2) is 4.98 Å². The van der Waals surface area contributed by atoms with E-state index in [9.17, 15) is 0 Å². The lowest BCUT2D eigenvalue weighted by Crippen LogP contribution is -2.45. The molecule has 1 fully saturated rings. The van der Waals surface area contributed by atoms with Crippen LogP contribution >= 0.6 is 23.2 Å². The molecule has 1 aromatic heterocycles. The standard InChI is InChI=1S/C16H17Cl2N3/c17-14-2-4-15(5-3-14)21-9-7-20(8-10-21)12-13-1-6-16(18)19-11-13/h1-6,11H,7-10,12H2. The predicted octanol–water partition coefficient (Wildman–Crippen LogP) is 3.71. The molecule has 2 aromatic rings. The third kappa shape index (κ3) is 3.88. The minimum absolute atomic E-state index is 0.548. The first kappa shape index (κ1) is 14.6. The minimum Gasteiger partial charge on any atom is -0.369 e.